The Hall–Kier alpha value is -0.650. The van der Waals surface area contributed by atoms with Gasteiger partial charge in [0.25, 0.3) is 0 Å². The van der Waals surface area contributed by atoms with Crippen molar-refractivity contribution >= 4 is 5.91 Å². The monoisotopic (exact) mass is 255 g/mol. The molecule has 0 radical (unpaired) electrons. The van der Waals surface area contributed by atoms with Gasteiger partial charge in [-0.1, -0.05) is 0 Å². The summed E-state index contributed by atoms with van der Waals surface area (Å²) in [6.07, 6.45) is 2.17. The Bertz CT molecular complexity index is 267. The Morgan fingerprint density at radius 3 is 2.83 bits per heavy atom. The third kappa shape index (κ3) is 4.23. The second kappa shape index (κ2) is 7.07. The second-order valence-corrected chi connectivity index (χ2v) is 5.35. The van der Waals surface area contributed by atoms with Gasteiger partial charge in [0.15, 0.2) is 0 Å². The lowest BCUT2D eigenvalue weighted by Gasteiger charge is -2.29. The molecule has 0 saturated carbocycles. The molecule has 5 heteroatoms. The van der Waals surface area contributed by atoms with Crippen LogP contribution in [-0.4, -0.2) is 75.2 Å². The molecule has 2 rings (SSSR count). The van der Waals surface area contributed by atoms with E-state index in [1.807, 2.05) is 0 Å². The molecule has 2 aliphatic heterocycles. The van der Waals surface area contributed by atoms with Crippen LogP contribution >= 0.6 is 0 Å². The van der Waals surface area contributed by atoms with Gasteiger partial charge < -0.3 is 15.0 Å². The lowest BCUT2D eigenvalue weighted by Crippen LogP contribution is -2.45. The summed E-state index contributed by atoms with van der Waals surface area (Å²) in [5.41, 5.74) is 0. The predicted octanol–water partition coefficient (Wildman–Crippen LogP) is -0.223. The summed E-state index contributed by atoms with van der Waals surface area (Å²) in [7, 11) is 2.09. The molecule has 0 aromatic rings. The minimum Gasteiger partial charge on any atom is -0.379 e. The molecule has 0 aliphatic carbocycles. The van der Waals surface area contributed by atoms with E-state index in [9.17, 15) is 4.79 Å². The predicted molar refractivity (Wildman–Crippen MR) is 70.5 cm³/mol. The van der Waals surface area contributed by atoms with Crippen LogP contribution in [-0.2, 0) is 9.53 Å². The highest BCUT2D eigenvalue weighted by Crippen LogP contribution is 2.14. The van der Waals surface area contributed by atoms with Gasteiger partial charge in [-0.25, -0.2) is 0 Å². The minimum absolute atomic E-state index is 0.188. The molecule has 2 saturated heterocycles. The largest absolute Gasteiger partial charge is 0.379 e. The highest BCUT2D eigenvalue weighted by Gasteiger charge is 2.23. The number of rotatable bonds is 4. The van der Waals surface area contributed by atoms with E-state index in [1.165, 1.54) is 0 Å². The van der Waals surface area contributed by atoms with Gasteiger partial charge in [-0.15, -0.1) is 0 Å². The number of morpholine rings is 1. The molecule has 0 aromatic heterocycles. The zero-order chi connectivity index (χ0) is 12.8. The van der Waals surface area contributed by atoms with Crippen LogP contribution in [0.4, 0.5) is 0 Å². The first-order valence-corrected chi connectivity index (χ1v) is 7.02. The number of ether oxygens (including phenoxy) is 1. The van der Waals surface area contributed by atoms with Crippen molar-refractivity contribution in [1.82, 2.24) is 15.1 Å². The number of piperidine rings is 1. The van der Waals surface area contributed by atoms with E-state index in [0.717, 1.165) is 65.3 Å². The third-order valence-electron chi connectivity index (χ3n) is 3.83. The average molecular weight is 255 g/mol. The average Bonchev–Trinajstić information content (AvgIpc) is 2.40. The molecule has 1 amide bonds. The van der Waals surface area contributed by atoms with E-state index in [2.05, 4.69) is 22.2 Å². The number of nitrogens with one attached hydrogen (secondary N) is 1. The Kier molecular flexibility index (Phi) is 5.41. The summed E-state index contributed by atoms with van der Waals surface area (Å²) >= 11 is 0. The molecule has 5 nitrogen and oxygen atoms in total. The zero-order valence-corrected chi connectivity index (χ0v) is 11.4. The van der Waals surface area contributed by atoms with Crippen molar-refractivity contribution in [3.8, 4) is 0 Å². The van der Waals surface area contributed by atoms with Crippen molar-refractivity contribution in [1.29, 1.82) is 0 Å². The molecule has 104 valence electrons. The van der Waals surface area contributed by atoms with Crippen LogP contribution in [0.15, 0.2) is 0 Å². The first-order chi connectivity index (χ1) is 8.75. The van der Waals surface area contributed by atoms with Crippen molar-refractivity contribution in [2.45, 2.75) is 12.8 Å². The smallest absolute Gasteiger partial charge is 0.224 e. The molecule has 2 heterocycles. The second-order valence-electron chi connectivity index (χ2n) is 5.35. The number of nitrogens with zero attached hydrogens (tertiary/aromatic N) is 2. The first kappa shape index (κ1) is 13.8. The van der Waals surface area contributed by atoms with Gasteiger partial charge in [0.1, 0.15) is 0 Å². The van der Waals surface area contributed by atoms with Crippen molar-refractivity contribution in [2.75, 3.05) is 59.5 Å². The maximum Gasteiger partial charge on any atom is 0.224 e. The van der Waals surface area contributed by atoms with Crippen LogP contribution in [0.25, 0.3) is 0 Å². The Morgan fingerprint density at radius 1 is 1.33 bits per heavy atom. The lowest BCUT2D eigenvalue weighted by atomic mass is 9.98. The van der Waals surface area contributed by atoms with E-state index >= 15 is 0 Å². The van der Waals surface area contributed by atoms with Crippen molar-refractivity contribution in [3.63, 3.8) is 0 Å². The van der Waals surface area contributed by atoms with E-state index in [4.69, 9.17) is 4.74 Å². The highest BCUT2D eigenvalue weighted by molar-refractivity contribution is 5.78. The summed E-state index contributed by atoms with van der Waals surface area (Å²) in [5, 5.41) is 3.07. The summed E-state index contributed by atoms with van der Waals surface area (Å²) in [4.78, 5) is 16.6. The molecular weight excluding hydrogens is 230 g/mol. The van der Waals surface area contributed by atoms with Crippen LogP contribution in [0.1, 0.15) is 12.8 Å². The normalized spacial score (nSPS) is 27.1. The van der Waals surface area contributed by atoms with Gasteiger partial charge in [0.2, 0.25) is 5.91 Å². The third-order valence-corrected chi connectivity index (χ3v) is 3.83. The fourth-order valence-electron chi connectivity index (χ4n) is 2.69. The maximum atomic E-state index is 12.0. The van der Waals surface area contributed by atoms with Gasteiger partial charge in [-0.05, 0) is 26.4 Å². The number of hydrogen-bond donors (Lipinski definition) is 1. The number of likely N-dealkylation sites (tertiary alicyclic amines) is 1. The van der Waals surface area contributed by atoms with Crippen molar-refractivity contribution in [2.24, 2.45) is 5.92 Å². The van der Waals surface area contributed by atoms with Crippen molar-refractivity contribution < 1.29 is 9.53 Å². The lowest BCUT2D eigenvalue weighted by molar-refractivity contribution is -0.126. The van der Waals surface area contributed by atoms with E-state index in [0.29, 0.717) is 0 Å². The topological polar surface area (TPSA) is 44.8 Å². The number of carbonyl (C=O) groups is 1. The molecule has 1 atom stereocenters. The highest BCUT2D eigenvalue weighted by atomic mass is 16.5. The molecule has 0 aromatic carbocycles. The summed E-state index contributed by atoms with van der Waals surface area (Å²) in [5.74, 6) is 0.420. The molecule has 18 heavy (non-hydrogen) atoms. The molecule has 0 unspecified atom stereocenters. The fraction of sp³-hybridized carbons (Fsp3) is 0.923. The SMILES string of the molecule is CN1CCC[C@H](C(=O)NCCN2CCOCC2)C1. The number of hydrogen-bond acceptors (Lipinski definition) is 4. The molecule has 2 aliphatic rings. The molecular formula is C13H25N3O2. The van der Waals surface area contributed by atoms with E-state index in [1.54, 1.807) is 0 Å². The van der Waals surface area contributed by atoms with Gasteiger partial charge >= 0.3 is 0 Å². The van der Waals surface area contributed by atoms with E-state index in [-0.39, 0.29) is 11.8 Å². The van der Waals surface area contributed by atoms with Crippen LogP contribution in [0.5, 0.6) is 0 Å². The van der Waals surface area contributed by atoms with Gasteiger partial charge in [-0.2, -0.15) is 0 Å². The van der Waals surface area contributed by atoms with Gasteiger partial charge in [0, 0.05) is 32.7 Å². The fourth-order valence-corrected chi connectivity index (χ4v) is 2.69. The zero-order valence-electron chi connectivity index (χ0n) is 11.4. The number of carbonyl (C=O) groups excluding carboxylic acids is 1. The quantitative estimate of drug-likeness (QED) is 0.754. The van der Waals surface area contributed by atoms with Crippen LogP contribution in [0, 0.1) is 5.92 Å². The molecule has 2 fully saturated rings. The minimum atomic E-state index is 0.188. The van der Waals surface area contributed by atoms with Crippen LogP contribution in [0.3, 0.4) is 0 Å². The van der Waals surface area contributed by atoms with Gasteiger partial charge in [0.05, 0.1) is 19.1 Å². The summed E-state index contributed by atoms with van der Waals surface area (Å²) < 4.78 is 5.30. The Morgan fingerprint density at radius 2 is 2.11 bits per heavy atom. The standard InChI is InChI=1S/C13H25N3O2/c1-15-5-2-3-12(11-15)13(17)14-4-6-16-7-9-18-10-8-16/h12H,2-11H2,1H3,(H,14,17)/t12-/m0/s1. The number of amides is 1. The molecule has 0 spiro atoms. The molecule has 0 bridgehead atoms. The first-order valence-electron chi connectivity index (χ1n) is 7.02. The Labute approximate surface area is 109 Å². The molecule has 1 N–H and O–H groups in total. The summed E-state index contributed by atoms with van der Waals surface area (Å²) in [6.45, 7) is 7.35. The van der Waals surface area contributed by atoms with Crippen LogP contribution in [0.2, 0.25) is 0 Å². The summed E-state index contributed by atoms with van der Waals surface area (Å²) in [6, 6.07) is 0. The van der Waals surface area contributed by atoms with Gasteiger partial charge in [-0.3, -0.25) is 9.69 Å². The Balaban J connectivity index is 1.61. The van der Waals surface area contributed by atoms with Crippen LogP contribution < -0.4 is 5.32 Å². The van der Waals surface area contributed by atoms with E-state index < -0.39 is 0 Å². The van der Waals surface area contributed by atoms with Crippen molar-refractivity contribution in [3.05, 3.63) is 0 Å². The maximum absolute atomic E-state index is 12.0.